The maximum atomic E-state index is 5.13. The second-order valence-electron chi connectivity index (χ2n) is 5.40. The quantitative estimate of drug-likeness (QED) is 0.602. The van der Waals surface area contributed by atoms with Gasteiger partial charge in [0.05, 0.1) is 13.2 Å². The van der Waals surface area contributed by atoms with Crippen LogP contribution in [0.2, 0.25) is 0 Å². The van der Waals surface area contributed by atoms with E-state index in [0.29, 0.717) is 13.2 Å². The van der Waals surface area contributed by atoms with Crippen LogP contribution in [0.1, 0.15) is 18.1 Å². The highest BCUT2D eigenvalue weighted by Crippen LogP contribution is 2.10. The van der Waals surface area contributed by atoms with E-state index in [4.69, 9.17) is 4.74 Å². The van der Waals surface area contributed by atoms with Crippen molar-refractivity contribution in [3.05, 3.63) is 53.9 Å². The third kappa shape index (κ3) is 5.41. The molecule has 0 aliphatic heterocycles. The third-order valence-corrected chi connectivity index (χ3v) is 3.48. The summed E-state index contributed by atoms with van der Waals surface area (Å²) in [5, 5.41) is 10.9. The van der Waals surface area contributed by atoms with Crippen LogP contribution in [0.4, 0.5) is 0 Å². The van der Waals surface area contributed by atoms with E-state index in [2.05, 4.69) is 45.8 Å². The lowest BCUT2D eigenvalue weighted by Gasteiger charge is -2.18. The summed E-state index contributed by atoms with van der Waals surface area (Å²) in [5.41, 5.74) is 2.47. The van der Waals surface area contributed by atoms with E-state index in [1.165, 1.54) is 11.1 Å². The molecule has 2 aromatic rings. The molecule has 6 nitrogen and oxygen atoms in total. The molecule has 0 saturated carbocycles. The second kappa shape index (κ2) is 8.95. The molecular formula is C17H25N5O. The molecule has 2 N–H and O–H groups in total. The first kappa shape index (κ1) is 17.0. The fourth-order valence-electron chi connectivity index (χ4n) is 2.35. The number of nitrogens with zero attached hydrogens (tertiary/aromatic N) is 3. The molecule has 0 fully saturated rings. The summed E-state index contributed by atoms with van der Waals surface area (Å²) < 4.78 is 7.06. The number of methoxy groups -OCH3 is 1. The molecular weight excluding hydrogens is 290 g/mol. The number of aromatic nitrogens is 2. The summed E-state index contributed by atoms with van der Waals surface area (Å²) in [7, 11) is 3.46. The van der Waals surface area contributed by atoms with Crippen molar-refractivity contribution >= 4 is 5.96 Å². The minimum Gasteiger partial charge on any atom is -0.383 e. The summed E-state index contributed by atoms with van der Waals surface area (Å²) in [6.07, 6.45) is 3.76. The van der Waals surface area contributed by atoms with Crippen LogP contribution >= 0.6 is 0 Å². The normalized spacial score (nSPS) is 12.9. The Balaban J connectivity index is 1.97. The van der Waals surface area contributed by atoms with Gasteiger partial charge in [-0.05, 0) is 24.1 Å². The van der Waals surface area contributed by atoms with Gasteiger partial charge >= 0.3 is 0 Å². The Morgan fingerprint density at radius 2 is 2.09 bits per heavy atom. The van der Waals surface area contributed by atoms with Gasteiger partial charge in [-0.15, -0.1) is 0 Å². The fraction of sp³-hybridized carbons (Fsp3) is 0.412. The largest absolute Gasteiger partial charge is 0.383 e. The highest BCUT2D eigenvalue weighted by molar-refractivity contribution is 5.79. The minimum absolute atomic E-state index is 0.200. The van der Waals surface area contributed by atoms with Gasteiger partial charge in [0.25, 0.3) is 0 Å². The standard InChI is InChI=1S/C17H25N5O/c1-14(13-23-3)21-17(18-2)19-11-15-7-4-5-8-16(15)12-22-10-6-9-20-22/h4-10,14H,11-13H2,1-3H3,(H2,18,19,21). The zero-order chi connectivity index (χ0) is 16.5. The number of rotatable bonds is 7. The molecule has 124 valence electrons. The molecule has 1 atom stereocenters. The summed E-state index contributed by atoms with van der Waals surface area (Å²) in [6.45, 7) is 4.16. The Hall–Kier alpha value is -2.34. The molecule has 0 aliphatic carbocycles. The molecule has 0 saturated heterocycles. The molecule has 0 radical (unpaired) electrons. The molecule has 23 heavy (non-hydrogen) atoms. The first-order chi connectivity index (χ1) is 11.2. The summed E-state index contributed by atoms with van der Waals surface area (Å²) >= 11 is 0. The highest BCUT2D eigenvalue weighted by Gasteiger charge is 2.07. The van der Waals surface area contributed by atoms with E-state index in [-0.39, 0.29) is 6.04 Å². The molecule has 0 spiro atoms. The Morgan fingerprint density at radius 1 is 1.30 bits per heavy atom. The maximum absolute atomic E-state index is 5.13. The van der Waals surface area contributed by atoms with Gasteiger partial charge in [-0.2, -0.15) is 5.10 Å². The molecule has 1 aromatic heterocycles. The monoisotopic (exact) mass is 315 g/mol. The Bertz CT molecular complexity index is 609. The van der Waals surface area contributed by atoms with Crippen LogP contribution in [0, 0.1) is 0 Å². The van der Waals surface area contributed by atoms with E-state index >= 15 is 0 Å². The maximum Gasteiger partial charge on any atom is 0.191 e. The highest BCUT2D eigenvalue weighted by atomic mass is 16.5. The minimum atomic E-state index is 0.200. The van der Waals surface area contributed by atoms with Crippen molar-refractivity contribution in [1.82, 2.24) is 20.4 Å². The first-order valence-corrected chi connectivity index (χ1v) is 7.73. The van der Waals surface area contributed by atoms with Gasteiger partial charge in [-0.25, -0.2) is 0 Å². The van der Waals surface area contributed by atoms with Crippen LogP contribution in [-0.4, -0.2) is 42.5 Å². The van der Waals surface area contributed by atoms with Crippen LogP contribution in [0.5, 0.6) is 0 Å². The molecule has 0 bridgehead atoms. The lowest BCUT2D eigenvalue weighted by molar-refractivity contribution is 0.179. The predicted octanol–water partition coefficient (Wildman–Crippen LogP) is 1.63. The number of nitrogens with one attached hydrogen (secondary N) is 2. The fourth-order valence-corrected chi connectivity index (χ4v) is 2.35. The van der Waals surface area contributed by atoms with Gasteiger partial charge in [0.2, 0.25) is 0 Å². The average Bonchev–Trinajstić information content (AvgIpc) is 3.06. The topological polar surface area (TPSA) is 63.5 Å². The van der Waals surface area contributed by atoms with Crippen LogP contribution < -0.4 is 10.6 Å². The van der Waals surface area contributed by atoms with E-state index in [1.54, 1.807) is 20.4 Å². The molecule has 1 unspecified atom stereocenters. The van der Waals surface area contributed by atoms with Crippen LogP contribution in [0.15, 0.2) is 47.7 Å². The summed E-state index contributed by atoms with van der Waals surface area (Å²) in [6, 6.07) is 10.5. The lowest BCUT2D eigenvalue weighted by atomic mass is 10.1. The number of ether oxygens (including phenoxy) is 1. The number of hydrogen-bond acceptors (Lipinski definition) is 3. The summed E-state index contributed by atoms with van der Waals surface area (Å²) in [4.78, 5) is 4.25. The van der Waals surface area contributed by atoms with Crippen molar-refractivity contribution < 1.29 is 4.74 Å². The van der Waals surface area contributed by atoms with Gasteiger partial charge < -0.3 is 15.4 Å². The van der Waals surface area contributed by atoms with Gasteiger partial charge in [0.1, 0.15) is 0 Å². The molecule has 1 heterocycles. The van der Waals surface area contributed by atoms with Crippen LogP contribution in [0.3, 0.4) is 0 Å². The number of hydrogen-bond donors (Lipinski definition) is 2. The van der Waals surface area contributed by atoms with E-state index in [9.17, 15) is 0 Å². The Kier molecular flexibility index (Phi) is 6.62. The zero-order valence-corrected chi connectivity index (χ0v) is 14.0. The number of aliphatic imine (C=N–C) groups is 1. The van der Waals surface area contributed by atoms with Gasteiger partial charge in [-0.3, -0.25) is 9.67 Å². The molecule has 6 heteroatoms. The van der Waals surface area contributed by atoms with Gasteiger partial charge in [0, 0.05) is 39.1 Å². The average molecular weight is 315 g/mol. The molecule has 0 aliphatic rings. The molecule has 1 aromatic carbocycles. The molecule has 0 amide bonds. The zero-order valence-electron chi connectivity index (χ0n) is 14.0. The summed E-state index contributed by atoms with van der Waals surface area (Å²) in [5.74, 6) is 0.767. The third-order valence-electron chi connectivity index (χ3n) is 3.48. The van der Waals surface area contributed by atoms with Crippen molar-refractivity contribution in [2.75, 3.05) is 20.8 Å². The predicted molar refractivity (Wildman–Crippen MR) is 92.4 cm³/mol. The van der Waals surface area contributed by atoms with Crippen LogP contribution in [0.25, 0.3) is 0 Å². The Labute approximate surface area is 137 Å². The van der Waals surface area contributed by atoms with Crippen molar-refractivity contribution in [1.29, 1.82) is 0 Å². The van der Waals surface area contributed by atoms with Crippen molar-refractivity contribution in [3.8, 4) is 0 Å². The van der Waals surface area contributed by atoms with Crippen LogP contribution in [-0.2, 0) is 17.8 Å². The van der Waals surface area contributed by atoms with Crippen molar-refractivity contribution in [2.45, 2.75) is 26.1 Å². The smallest absolute Gasteiger partial charge is 0.191 e. The van der Waals surface area contributed by atoms with Crippen molar-refractivity contribution in [3.63, 3.8) is 0 Å². The van der Waals surface area contributed by atoms with E-state index in [0.717, 1.165) is 12.5 Å². The molecule has 2 rings (SSSR count). The first-order valence-electron chi connectivity index (χ1n) is 7.73. The number of benzene rings is 1. The van der Waals surface area contributed by atoms with Gasteiger partial charge in [-0.1, -0.05) is 24.3 Å². The van der Waals surface area contributed by atoms with Crippen molar-refractivity contribution in [2.24, 2.45) is 4.99 Å². The number of guanidine groups is 1. The van der Waals surface area contributed by atoms with Gasteiger partial charge in [0.15, 0.2) is 5.96 Å². The lowest BCUT2D eigenvalue weighted by Crippen LogP contribution is -2.43. The van der Waals surface area contributed by atoms with E-state index in [1.807, 2.05) is 23.0 Å². The van der Waals surface area contributed by atoms with E-state index < -0.39 is 0 Å². The Morgan fingerprint density at radius 3 is 2.74 bits per heavy atom. The second-order valence-corrected chi connectivity index (χ2v) is 5.40. The SMILES string of the molecule is CN=C(NCc1ccccc1Cn1cccn1)NC(C)COC.